The van der Waals surface area contributed by atoms with Gasteiger partial charge in [-0.2, -0.15) is 0 Å². The molecule has 1 saturated heterocycles. The third-order valence-electron chi connectivity index (χ3n) is 2.99. The standard InChI is InChI=1S/C12H21N5O/c1-9(8-17-4-6-18-7-5-17)15-11-3-2-10(13)12(14)16-11/h2-3,9H,4-8,13H2,1H3,(H3,14,15,16). The molecule has 1 aliphatic heterocycles. The van der Waals surface area contributed by atoms with Gasteiger partial charge in [0.2, 0.25) is 0 Å². The molecule has 1 fully saturated rings. The van der Waals surface area contributed by atoms with Crippen molar-refractivity contribution in [1.29, 1.82) is 0 Å². The molecule has 0 saturated carbocycles. The first-order chi connectivity index (χ1) is 8.65. The average Bonchev–Trinajstić information content (AvgIpc) is 2.35. The molecular formula is C12H21N5O. The van der Waals surface area contributed by atoms with Gasteiger partial charge >= 0.3 is 0 Å². The zero-order valence-corrected chi connectivity index (χ0v) is 10.7. The second kappa shape index (κ2) is 5.88. The lowest BCUT2D eigenvalue weighted by molar-refractivity contribution is 0.0368. The molecule has 0 radical (unpaired) electrons. The Bertz CT molecular complexity index is 392. The molecule has 0 aromatic carbocycles. The molecular weight excluding hydrogens is 230 g/mol. The zero-order chi connectivity index (χ0) is 13.0. The summed E-state index contributed by atoms with van der Waals surface area (Å²) in [5, 5.41) is 3.33. The molecule has 0 bridgehead atoms. The summed E-state index contributed by atoms with van der Waals surface area (Å²) >= 11 is 0. The van der Waals surface area contributed by atoms with Crippen molar-refractivity contribution in [2.75, 3.05) is 49.6 Å². The maximum absolute atomic E-state index is 5.68. The number of nitrogen functional groups attached to an aromatic ring is 2. The molecule has 5 N–H and O–H groups in total. The van der Waals surface area contributed by atoms with Crippen LogP contribution in [0, 0.1) is 0 Å². The van der Waals surface area contributed by atoms with Crippen molar-refractivity contribution in [3.05, 3.63) is 12.1 Å². The van der Waals surface area contributed by atoms with E-state index in [9.17, 15) is 0 Å². The number of hydrogen-bond acceptors (Lipinski definition) is 6. The Morgan fingerprint density at radius 3 is 2.78 bits per heavy atom. The summed E-state index contributed by atoms with van der Waals surface area (Å²) in [5.74, 6) is 1.14. The Labute approximate surface area is 107 Å². The van der Waals surface area contributed by atoms with E-state index in [1.54, 1.807) is 6.07 Å². The molecule has 1 aromatic rings. The van der Waals surface area contributed by atoms with Gasteiger partial charge in [0.05, 0.1) is 18.9 Å². The van der Waals surface area contributed by atoms with Crippen LogP contribution in [0.1, 0.15) is 6.92 Å². The van der Waals surface area contributed by atoms with E-state index in [2.05, 4.69) is 22.1 Å². The molecule has 2 rings (SSSR count). The minimum atomic E-state index is 0.304. The van der Waals surface area contributed by atoms with Crippen LogP contribution >= 0.6 is 0 Å². The predicted molar refractivity (Wildman–Crippen MR) is 73.4 cm³/mol. The average molecular weight is 251 g/mol. The lowest BCUT2D eigenvalue weighted by Crippen LogP contribution is -2.42. The van der Waals surface area contributed by atoms with Crippen molar-refractivity contribution < 1.29 is 4.74 Å². The van der Waals surface area contributed by atoms with Gasteiger partial charge in [-0.25, -0.2) is 4.98 Å². The number of morpholine rings is 1. The Kier molecular flexibility index (Phi) is 4.22. The van der Waals surface area contributed by atoms with Crippen molar-refractivity contribution >= 4 is 17.3 Å². The fraction of sp³-hybridized carbons (Fsp3) is 0.583. The molecule has 6 nitrogen and oxygen atoms in total. The van der Waals surface area contributed by atoms with Crippen molar-refractivity contribution in [2.24, 2.45) is 0 Å². The fourth-order valence-corrected chi connectivity index (χ4v) is 2.04. The van der Waals surface area contributed by atoms with Crippen LogP contribution in [-0.2, 0) is 4.74 Å². The monoisotopic (exact) mass is 251 g/mol. The second-order valence-corrected chi connectivity index (χ2v) is 4.63. The molecule has 18 heavy (non-hydrogen) atoms. The van der Waals surface area contributed by atoms with E-state index >= 15 is 0 Å². The summed E-state index contributed by atoms with van der Waals surface area (Å²) in [6.07, 6.45) is 0. The highest BCUT2D eigenvalue weighted by Crippen LogP contribution is 2.15. The number of nitrogens with two attached hydrogens (primary N) is 2. The van der Waals surface area contributed by atoms with Gasteiger partial charge in [-0.1, -0.05) is 0 Å². The highest BCUT2D eigenvalue weighted by atomic mass is 16.5. The molecule has 100 valence electrons. The van der Waals surface area contributed by atoms with E-state index < -0.39 is 0 Å². The van der Waals surface area contributed by atoms with Crippen LogP contribution in [0.15, 0.2) is 12.1 Å². The lowest BCUT2D eigenvalue weighted by atomic mass is 10.2. The highest BCUT2D eigenvalue weighted by molar-refractivity contribution is 5.61. The Morgan fingerprint density at radius 1 is 1.39 bits per heavy atom. The Balaban J connectivity index is 1.85. The third kappa shape index (κ3) is 3.48. The van der Waals surface area contributed by atoms with E-state index in [-0.39, 0.29) is 0 Å². The normalized spacial score (nSPS) is 18.5. The van der Waals surface area contributed by atoms with Crippen LogP contribution in [0.5, 0.6) is 0 Å². The predicted octanol–water partition coefficient (Wildman–Crippen LogP) is 0.379. The molecule has 1 aliphatic rings. The summed E-state index contributed by atoms with van der Waals surface area (Å²) in [4.78, 5) is 6.58. The summed E-state index contributed by atoms with van der Waals surface area (Å²) in [6, 6.07) is 3.92. The molecule has 1 unspecified atom stereocenters. The van der Waals surface area contributed by atoms with E-state index in [1.165, 1.54) is 0 Å². The second-order valence-electron chi connectivity index (χ2n) is 4.63. The number of aromatic nitrogens is 1. The first kappa shape index (κ1) is 12.9. The van der Waals surface area contributed by atoms with Crippen LogP contribution in [0.25, 0.3) is 0 Å². The van der Waals surface area contributed by atoms with E-state index in [0.29, 0.717) is 17.5 Å². The molecule has 2 heterocycles. The van der Waals surface area contributed by atoms with Crippen LogP contribution < -0.4 is 16.8 Å². The number of hydrogen-bond donors (Lipinski definition) is 3. The summed E-state index contributed by atoms with van der Waals surface area (Å²) in [5.41, 5.74) is 11.8. The molecule has 1 aromatic heterocycles. The number of rotatable bonds is 4. The molecule has 1 atom stereocenters. The fourth-order valence-electron chi connectivity index (χ4n) is 2.04. The van der Waals surface area contributed by atoms with Crippen LogP contribution in [0.4, 0.5) is 17.3 Å². The van der Waals surface area contributed by atoms with Gasteiger partial charge in [-0.15, -0.1) is 0 Å². The minimum Gasteiger partial charge on any atom is -0.396 e. The van der Waals surface area contributed by atoms with Crippen molar-refractivity contribution in [3.63, 3.8) is 0 Å². The number of pyridine rings is 1. The van der Waals surface area contributed by atoms with Crippen LogP contribution in [0.3, 0.4) is 0 Å². The molecule has 0 aliphatic carbocycles. The van der Waals surface area contributed by atoms with Crippen LogP contribution in [-0.4, -0.2) is 48.8 Å². The van der Waals surface area contributed by atoms with E-state index in [4.69, 9.17) is 16.2 Å². The van der Waals surface area contributed by atoms with Crippen molar-refractivity contribution in [2.45, 2.75) is 13.0 Å². The Morgan fingerprint density at radius 2 is 2.11 bits per heavy atom. The van der Waals surface area contributed by atoms with Crippen LogP contribution in [0.2, 0.25) is 0 Å². The van der Waals surface area contributed by atoms with Crippen molar-refractivity contribution in [3.8, 4) is 0 Å². The van der Waals surface area contributed by atoms with E-state index in [0.717, 1.165) is 38.7 Å². The van der Waals surface area contributed by atoms with Crippen molar-refractivity contribution in [1.82, 2.24) is 9.88 Å². The summed E-state index contributed by atoms with van der Waals surface area (Å²) in [6.45, 7) is 6.71. The lowest BCUT2D eigenvalue weighted by Gasteiger charge is -2.29. The SMILES string of the molecule is CC(CN1CCOCC1)Nc1ccc(N)c(N)n1. The highest BCUT2D eigenvalue weighted by Gasteiger charge is 2.13. The first-order valence-electron chi connectivity index (χ1n) is 6.24. The van der Waals surface area contributed by atoms with Gasteiger partial charge in [0.25, 0.3) is 0 Å². The molecule has 0 spiro atoms. The topological polar surface area (TPSA) is 89.4 Å². The van der Waals surface area contributed by atoms with Gasteiger partial charge in [-0.3, -0.25) is 4.90 Å². The maximum Gasteiger partial charge on any atom is 0.149 e. The summed E-state index contributed by atoms with van der Waals surface area (Å²) < 4.78 is 5.32. The number of nitrogens with one attached hydrogen (secondary N) is 1. The summed E-state index contributed by atoms with van der Waals surface area (Å²) in [7, 11) is 0. The molecule has 0 amide bonds. The van der Waals surface area contributed by atoms with Gasteiger partial charge in [0, 0.05) is 25.7 Å². The first-order valence-corrected chi connectivity index (χ1v) is 6.24. The Hall–Kier alpha value is -1.53. The maximum atomic E-state index is 5.68. The third-order valence-corrected chi connectivity index (χ3v) is 2.99. The van der Waals surface area contributed by atoms with Gasteiger partial charge < -0.3 is 21.5 Å². The number of ether oxygens (including phenoxy) is 1. The number of anilines is 3. The smallest absolute Gasteiger partial charge is 0.149 e. The zero-order valence-electron chi connectivity index (χ0n) is 10.7. The van der Waals surface area contributed by atoms with Gasteiger partial charge in [0.1, 0.15) is 11.6 Å². The van der Waals surface area contributed by atoms with E-state index in [1.807, 2.05) is 6.07 Å². The van der Waals surface area contributed by atoms with Gasteiger partial charge in [0.15, 0.2) is 0 Å². The molecule has 6 heteroatoms. The quantitative estimate of drug-likeness (QED) is 0.717. The largest absolute Gasteiger partial charge is 0.396 e. The minimum absolute atomic E-state index is 0.304. The van der Waals surface area contributed by atoms with Gasteiger partial charge in [-0.05, 0) is 19.1 Å². The number of nitrogens with zero attached hydrogens (tertiary/aromatic N) is 2.